The maximum absolute atomic E-state index is 14.3. The summed E-state index contributed by atoms with van der Waals surface area (Å²) >= 11 is 1.46. The molecule has 1 heterocycles. The van der Waals surface area contributed by atoms with E-state index in [1.165, 1.54) is 34.4 Å². The van der Waals surface area contributed by atoms with E-state index in [0.29, 0.717) is 23.5 Å². The van der Waals surface area contributed by atoms with Crippen molar-refractivity contribution in [1.29, 1.82) is 0 Å². The van der Waals surface area contributed by atoms with Gasteiger partial charge in [0.2, 0.25) is 11.8 Å². The number of anilines is 1. The second-order valence-electron chi connectivity index (χ2n) is 7.88. The van der Waals surface area contributed by atoms with Gasteiger partial charge in [-0.1, -0.05) is 54.6 Å². The van der Waals surface area contributed by atoms with Crippen molar-refractivity contribution >= 4 is 28.8 Å². The van der Waals surface area contributed by atoms with Gasteiger partial charge in [-0.25, -0.2) is 4.39 Å². The minimum absolute atomic E-state index is 0.0901. The first-order chi connectivity index (χ1) is 17.0. The summed E-state index contributed by atoms with van der Waals surface area (Å²) in [5.74, 6) is -0.550. The standard InChI is InChI=1S/C28H25FN2O3S/c1-34-24-14-12-21(13-15-24)27(28(33)30-19-20-7-3-2-4-8-20)31(23-10-5-9-22(29)17-23)26(32)18-25-11-6-16-35-25/h2-17,27H,18-19H2,1H3,(H,30,33)/t27-/m0/s1. The van der Waals surface area contributed by atoms with Gasteiger partial charge in [0.15, 0.2) is 0 Å². The Labute approximate surface area is 207 Å². The lowest BCUT2D eigenvalue weighted by atomic mass is 10.0. The lowest BCUT2D eigenvalue weighted by Gasteiger charge is -2.31. The zero-order valence-corrected chi connectivity index (χ0v) is 20.0. The molecule has 178 valence electrons. The summed E-state index contributed by atoms with van der Waals surface area (Å²) < 4.78 is 19.5. The number of carbonyl (C=O) groups excluding carboxylic acids is 2. The first kappa shape index (κ1) is 24.2. The third-order valence-corrected chi connectivity index (χ3v) is 6.38. The van der Waals surface area contributed by atoms with Crippen LogP contribution < -0.4 is 15.0 Å². The number of rotatable bonds is 9. The van der Waals surface area contributed by atoms with Crippen molar-refractivity contribution in [3.63, 3.8) is 0 Å². The van der Waals surface area contributed by atoms with Gasteiger partial charge in [0.05, 0.1) is 13.5 Å². The monoisotopic (exact) mass is 488 g/mol. The highest BCUT2D eigenvalue weighted by Gasteiger charge is 2.33. The summed E-state index contributed by atoms with van der Waals surface area (Å²) in [6, 6.07) is 24.9. The summed E-state index contributed by atoms with van der Waals surface area (Å²) in [5.41, 5.74) is 1.82. The lowest BCUT2D eigenvalue weighted by molar-refractivity contribution is -0.126. The molecule has 3 aromatic carbocycles. The highest BCUT2D eigenvalue weighted by atomic mass is 32.1. The van der Waals surface area contributed by atoms with Crippen molar-refractivity contribution in [3.05, 3.63) is 118 Å². The molecule has 1 N–H and O–H groups in total. The molecule has 7 heteroatoms. The van der Waals surface area contributed by atoms with Crippen LogP contribution in [0.25, 0.3) is 0 Å². The Kier molecular flexibility index (Phi) is 7.90. The Morgan fingerprint density at radius 3 is 2.40 bits per heavy atom. The first-order valence-electron chi connectivity index (χ1n) is 11.1. The van der Waals surface area contributed by atoms with Crippen molar-refractivity contribution in [2.24, 2.45) is 0 Å². The Morgan fingerprint density at radius 2 is 1.74 bits per heavy atom. The predicted molar refractivity (Wildman–Crippen MR) is 136 cm³/mol. The molecule has 0 bridgehead atoms. The van der Waals surface area contributed by atoms with E-state index in [2.05, 4.69) is 5.32 Å². The minimum atomic E-state index is -1.01. The van der Waals surface area contributed by atoms with Gasteiger partial charge in [-0.3, -0.25) is 14.5 Å². The topological polar surface area (TPSA) is 58.6 Å². The molecule has 1 atom stereocenters. The average Bonchev–Trinajstić information content (AvgIpc) is 3.39. The average molecular weight is 489 g/mol. The molecular formula is C28H25FN2O3S. The van der Waals surface area contributed by atoms with E-state index >= 15 is 0 Å². The van der Waals surface area contributed by atoms with Crippen LogP contribution in [0.2, 0.25) is 0 Å². The molecule has 35 heavy (non-hydrogen) atoms. The molecule has 0 saturated heterocycles. The van der Waals surface area contributed by atoms with Crippen LogP contribution in [0.5, 0.6) is 5.75 Å². The van der Waals surface area contributed by atoms with E-state index in [1.54, 1.807) is 37.4 Å². The zero-order valence-electron chi connectivity index (χ0n) is 19.2. The molecule has 4 rings (SSSR count). The molecular weight excluding hydrogens is 463 g/mol. The van der Waals surface area contributed by atoms with E-state index in [9.17, 15) is 14.0 Å². The zero-order chi connectivity index (χ0) is 24.6. The van der Waals surface area contributed by atoms with Crippen LogP contribution in [0.4, 0.5) is 10.1 Å². The minimum Gasteiger partial charge on any atom is -0.497 e. The number of carbonyl (C=O) groups is 2. The third-order valence-electron chi connectivity index (χ3n) is 5.51. The molecule has 0 saturated carbocycles. The first-order valence-corrected chi connectivity index (χ1v) is 12.0. The quantitative estimate of drug-likeness (QED) is 0.337. The van der Waals surface area contributed by atoms with Crippen LogP contribution >= 0.6 is 11.3 Å². The van der Waals surface area contributed by atoms with Crippen LogP contribution in [-0.4, -0.2) is 18.9 Å². The third kappa shape index (κ3) is 6.13. The van der Waals surface area contributed by atoms with Gasteiger partial charge in [-0.2, -0.15) is 0 Å². The molecule has 4 aromatic rings. The molecule has 0 unspecified atom stereocenters. The molecule has 2 amide bonds. The summed E-state index contributed by atoms with van der Waals surface area (Å²) in [6.07, 6.45) is 0.0901. The molecule has 0 aliphatic heterocycles. The number of hydrogen-bond acceptors (Lipinski definition) is 4. The van der Waals surface area contributed by atoms with Crippen LogP contribution in [0.1, 0.15) is 22.0 Å². The summed E-state index contributed by atoms with van der Waals surface area (Å²) in [7, 11) is 1.56. The molecule has 0 aliphatic rings. The number of amides is 2. The van der Waals surface area contributed by atoms with Gasteiger partial charge in [0.25, 0.3) is 0 Å². The van der Waals surface area contributed by atoms with Gasteiger partial charge < -0.3 is 10.1 Å². The molecule has 5 nitrogen and oxygen atoms in total. The van der Waals surface area contributed by atoms with Crippen molar-refractivity contribution in [3.8, 4) is 5.75 Å². The number of halogens is 1. The normalized spacial score (nSPS) is 11.5. The van der Waals surface area contributed by atoms with E-state index in [4.69, 9.17) is 4.74 Å². The van der Waals surface area contributed by atoms with Gasteiger partial charge in [-0.05, 0) is 52.9 Å². The Morgan fingerprint density at radius 1 is 0.971 bits per heavy atom. The largest absolute Gasteiger partial charge is 0.497 e. The van der Waals surface area contributed by atoms with Gasteiger partial charge in [0, 0.05) is 17.1 Å². The lowest BCUT2D eigenvalue weighted by Crippen LogP contribution is -2.44. The Hall–Kier alpha value is -3.97. The second-order valence-corrected chi connectivity index (χ2v) is 8.91. The van der Waals surface area contributed by atoms with Crippen LogP contribution in [0.3, 0.4) is 0 Å². The molecule has 0 fully saturated rings. The van der Waals surface area contributed by atoms with Crippen molar-refractivity contribution in [2.75, 3.05) is 12.0 Å². The highest BCUT2D eigenvalue weighted by molar-refractivity contribution is 7.10. The fraction of sp³-hybridized carbons (Fsp3) is 0.143. The van der Waals surface area contributed by atoms with E-state index in [-0.39, 0.29) is 18.2 Å². The number of benzene rings is 3. The van der Waals surface area contributed by atoms with E-state index in [0.717, 1.165) is 10.4 Å². The van der Waals surface area contributed by atoms with Crippen molar-refractivity contribution in [2.45, 2.75) is 19.0 Å². The van der Waals surface area contributed by atoms with E-state index < -0.39 is 11.9 Å². The van der Waals surface area contributed by atoms with Gasteiger partial charge >= 0.3 is 0 Å². The number of ether oxygens (including phenoxy) is 1. The number of nitrogens with zero attached hydrogens (tertiary/aromatic N) is 1. The molecule has 1 aromatic heterocycles. The van der Waals surface area contributed by atoms with E-state index in [1.807, 2.05) is 47.8 Å². The smallest absolute Gasteiger partial charge is 0.248 e. The fourth-order valence-corrected chi connectivity index (χ4v) is 4.49. The maximum Gasteiger partial charge on any atom is 0.248 e. The molecule has 0 spiro atoms. The van der Waals surface area contributed by atoms with Crippen LogP contribution in [-0.2, 0) is 22.6 Å². The van der Waals surface area contributed by atoms with Crippen molar-refractivity contribution in [1.82, 2.24) is 5.32 Å². The van der Waals surface area contributed by atoms with Crippen molar-refractivity contribution < 1.29 is 18.7 Å². The van der Waals surface area contributed by atoms with Gasteiger partial charge in [-0.15, -0.1) is 11.3 Å². The highest BCUT2D eigenvalue weighted by Crippen LogP contribution is 2.31. The summed E-state index contributed by atoms with van der Waals surface area (Å²) in [5, 5.41) is 4.84. The SMILES string of the molecule is COc1ccc([C@@H](C(=O)NCc2ccccc2)N(C(=O)Cc2cccs2)c2cccc(F)c2)cc1. The fourth-order valence-electron chi connectivity index (χ4n) is 3.80. The van der Waals surface area contributed by atoms with Crippen LogP contribution in [0.15, 0.2) is 96.4 Å². The number of hydrogen-bond donors (Lipinski definition) is 1. The summed E-state index contributed by atoms with van der Waals surface area (Å²) in [6.45, 7) is 0.294. The molecule has 0 radical (unpaired) electrons. The Balaban J connectivity index is 1.74. The Bertz CT molecular complexity index is 1260. The summed E-state index contributed by atoms with van der Waals surface area (Å²) in [4.78, 5) is 29.5. The predicted octanol–water partition coefficient (Wildman–Crippen LogP) is 5.53. The number of methoxy groups -OCH3 is 1. The van der Waals surface area contributed by atoms with Gasteiger partial charge in [0.1, 0.15) is 17.6 Å². The number of nitrogens with one attached hydrogen (secondary N) is 1. The van der Waals surface area contributed by atoms with Crippen LogP contribution in [0, 0.1) is 5.82 Å². The molecule has 0 aliphatic carbocycles. The second kappa shape index (κ2) is 11.4. The number of thiophene rings is 1. The maximum atomic E-state index is 14.3.